The maximum Gasteiger partial charge on any atom is 0.264 e. The number of sulfonamides is 1. The van der Waals surface area contributed by atoms with Crippen molar-refractivity contribution in [2.24, 2.45) is 0 Å². The molecule has 0 radical (unpaired) electrons. The molecule has 1 aliphatic rings. The Morgan fingerprint density at radius 3 is 2.25 bits per heavy atom. The van der Waals surface area contributed by atoms with E-state index in [1.54, 1.807) is 18.2 Å². The molecule has 1 amide bonds. The molecule has 1 heterocycles. The number of carbonyl (C=O) groups excluding carboxylic acids is 1. The summed E-state index contributed by atoms with van der Waals surface area (Å²) in [6.45, 7) is 3.59. The molecule has 1 aliphatic heterocycles. The Morgan fingerprint density at radius 2 is 1.61 bits per heavy atom. The predicted molar refractivity (Wildman–Crippen MR) is 146 cm³/mol. The van der Waals surface area contributed by atoms with Gasteiger partial charge in [-0.2, -0.15) is 0 Å². The normalized spacial score (nSPS) is 14.8. The fourth-order valence-corrected chi connectivity index (χ4v) is 6.03. The third-order valence-corrected chi connectivity index (χ3v) is 8.83. The van der Waals surface area contributed by atoms with Gasteiger partial charge in [-0.15, -0.1) is 0 Å². The maximum atomic E-state index is 13.5. The van der Waals surface area contributed by atoms with Crippen LogP contribution in [0.25, 0.3) is 0 Å². The standard InChI is InChI=1S/C27H29Cl2N3O3S/c1-20(21-10-12-22(13-11-21)31-16-6-3-7-17-31)30-27(33)19-32(23-14-15-25(28)26(29)18-23)36(34,35)24-8-4-2-5-9-24/h2,4-5,8-15,18,20H,3,6-7,16-17,19H2,1H3,(H,30,33). The molecule has 0 bridgehead atoms. The molecule has 1 N–H and O–H groups in total. The highest BCUT2D eigenvalue weighted by molar-refractivity contribution is 7.92. The van der Waals surface area contributed by atoms with Crippen molar-refractivity contribution in [3.8, 4) is 0 Å². The molecule has 0 aliphatic carbocycles. The molecule has 3 aromatic carbocycles. The number of piperidine rings is 1. The number of nitrogens with one attached hydrogen (secondary N) is 1. The molecule has 1 fully saturated rings. The van der Waals surface area contributed by atoms with Crippen LogP contribution in [-0.2, 0) is 14.8 Å². The number of benzene rings is 3. The Labute approximate surface area is 222 Å². The summed E-state index contributed by atoms with van der Waals surface area (Å²) >= 11 is 12.2. The Balaban J connectivity index is 1.51. The van der Waals surface area contributed by atoms with Crippen molar-refractivity contribution < 1.29 is 13.2 Å². The van der Waals surface area contributed by atoms with Crippen molar-refractivity contribution in [3.63, 3.8) is 0 Å². The van der Waals surface area contributed by atoms with Gasteiger partial charge in [0, 0.05) is 18.8 Å². The molecule has 190 valence electrons. The minimum atomic E-state index is -4.03. The summed E-state index contributed by atoms with van der Waals surface area (Å²) in [5, 5.41) is 3.42. The molecular weight excluding hydrogens is 517 g/mol. The zero-order chi connectivity index (χ0) is 25.7. The molecule has 1 atom stereocenters. The minimum absolute atomic E-state index is 0.0743. The van der Waals surface area contributed by atoms with Gasteiger partial charge in [0.1, 0.15) is 6.54 Å². The van der Waals surface area contributed by atoms with Gasteiger partial charge < -0.3 is 10.2 Å². The average Bonchev–Trinajstić information content (AvgIpc) is 2.90. The van der Waals surface area contributed by atoms with Crippen LogP contribution >= 0.6 is 23.2 Å². The monoisotopic (exact) mass is 545 g/mol. The van der Waals surface area contributed by atoms with E-state index in [-0.39, 0.29) is 21.6 Å². The number of nitrogens with zero attached hydrogens (tertiary/aromatic N) is 2. The van der Waals surface area contributed by atoms with E-state index in [9.17, 15) is 13.2 Å². The zero-order valence-corrected chi connectivity index (χ0v) is 22.4. The second kappa shape index (κ2) is 11.5. The topological polar surface area (TPSA) is 69.7 Å². The number of halogens is 2. The molecule has 4 rings (SSSR count). The van der Waals surface area contributed by atoms with E-state index in [2.05, 4.69) is 22.3 Å². The minimum Gasteiger partial charge on any atom is -0.372 e. The zero-order valence-electron chi connectivity index (χ0n) is 20.0. The lowest BCUT2D eigenvalue weighted by Gasteiger charge is -2.29. The summed E-state index contributed by atoms with van der Waals surface area (Å²) in [6, 6.07) is 20.3. The van der Waals surface area contributed by atoms with Crippen molar-refractivity contribution in [2.75, 3.05) is 28.8 Å². The number of hydrogen-bond donors (Lipinski definition) is 1. The Kier molecular flexibility index (Phi) is 8.44. The second-order valence-electron chi connectivity index (χ2n) is 8.85. The number of amides is 1. The van der Waals surface area contributed by atoms with Crippen molar-refractivity contribution in [1.82, 2.24) is 5.32 Å². The number of anilines is 2. The van der Waals surface area contributed by atoms with Crippen LogP contribution in [0, 0.1) is 0 Å². The first-order valence-corrected chi connectivity index (χ1v) is 14.1. The first-order chi connectivity index (χ1) is 17.3. The molecule has 6 nitrogen and oxygen atoms in total. The van der Waals surface area contributed by atoms with E-state index >= 15 is 0 Å². The van der Waals surface area contributed by atoms with E-state index in [1.807, 2.05) is 19.1 Å². The first kappa shape index (κ1) is 26.3. The molecule has 1 unspecified atom stereocenters. The predicted octanol–water partition coefficient (Wildman–Crippen LogP) is 6.06. The van der Waals surface area contributed by atoms with Gasteiger partial charge in [-0.25, -0.2) is 8.42 Å². The first-order valence-electron chi connectivity index (χ1n) is 11.9. The van der Waals surface area contributed by atoms with E-state index in [1.165, 1.54) is 55.3 Å². The van der Waals surface area contributed by atoms with Gasteiger partial charge in [-0.1, -0.05) is 53.5 Å². The smallest absolute Gasteiger partial charge is 0.264 e. The van der Waals surface area contributed by atoms with Crippen molar-refractivity contribution in [3.05, 3.63) is 88.4 Å². The third-order valence-electron chi connectivity index (χ3n) is 6.30. The molecule has 0 saturated carbocycles. The lowest BCUT2D eigenvalue weighted by atomic mass is 10.1. The lowest BCUT2D eigenvalue weighted by molar-refractivity contribution is -0.120. The van der Waals surface area contributed by atoms with Crippen LogP contribution in [0.4, 0.5) is 11.4 Å². The van der Waals surface area contributed by atoms with Crippen LogP contribution in [-0.4, -0.2) is 34.0 Å². The van der Waals surface area contributed by atoms with Gasteiger partial charge in [0.2, 0.25) is 5.91 Å². The fourth-order valence-electron chi connectivity index (χ4n) is 4.30. The van der Waals surface area contributed by atoms with Crippen LogP contribution < -0.4 is 14.5 Å². The van der Waals surface area contributed by atoms with E-state index in [0.717, 1.165) is 23.0 Å². The number of hydrogen-bond acceptors (Lipinski definition) is 4. The quantitative estimate of drug-likeness (QED) is 0.373. The van der Waals surface area contributed by atoms with E-state index < -0.39 is 22.5 Å². The van der Waals surface area contributed by atoms with Crippen LogP contribution in [0.2, 0.25) is 10.0 Å². The summed E-state index contributed by atoms with van der Waals surface area (Å²) in [5.41, 5.74) is 2.37. The van der Waals surface area contributed by atoms with Gasteiger partial charge >= 0.3 is 0 Å². The molecular formula is C27H29Cl2N3O3S. The molecule has 9 heteroatoms. The van der Waals surface area contributed by atoms with Crippen LogP contribution in [0.5, 0.6) is 0 Å². The van der Waals surface area contributed by atoms with Crippen LogP contribution in [0.3, 0.4) is 0 Å². The molecule has 0 spiro atoms. The van der Waals surface area contributed by atoms with Gasteiger partial charge in [-0.05, 0) is 74.2 Å². The SMILES string of the molecule is CC(NC(=O)CN(c1ccc(Cl)c(Cl)c1)S(=O)(=O)c1ccccc1)c1ccc(N2CCCCC2)cc1. The van der Waals surface area contributed by atoms with Gasteiger partial charge in [-0.3, -0.25) is 9.10 Å². The average molecular weight is 547 g/mol. The Morgan fingerprint density at radius 1 is 0.944 bits per heavy atom. The molecule has 1 saturated heterocycles. The molecule has 3 aromatic rings. The molecule has 0 aromatic heterocycles. The summed E-state index contributed by atoms with van der Waals surface area (Å²) in [4.78, 5) is 15.5. The highest BCUT2D eigenvalue weighted by atomic mass is 35.5. The lowest BCUT2D eigenvalue weighted by Crippen LogP contribution is -2.41. The second-order valence-corrected chi connectivity index (χ2v) is 11.5. The summed E-state index contributed by atoms with van der Waals surface area (Å²) in [5.74, 6) is -0.437. The van der Waals surface area contributed by atoms with Gasteiger partial charge in [0.25, 0.3) is 10.0 Å². The summed E-state index contributed by atoms with van der Waals surface area (Å²) in [7, 11) is -4.03. The van der Waals surface area contributed by atoms with Crippen molar-refractivity contribution >= 4 is 50.5 Å². The Bertz CT molecular complexity index is 1300. The highest BCUT2D eigenvalue weighted by Gasteiger charge is 2.28. The van der Waals surface area contributed by atoms with E-state index in [0.29, 0.717) is 5.02 Å². The number of rotatable bonds is 8. The fraction of sp³-hybridized carbons (Fsp3) is 0.296. The number of carbonyl (C=O) groups is 1. The summed E-state index contributed by atoms with van der Waals surface area (Å²) < 4.78 is 28.0. The van der Waals surface area contributed by atoms with Crippen molar-refractivity contribution in [2.45, 2.75) is 37.1 Å². The highest BCUT2D eigenvalue weighted by Crippen LogP contribution is 2.30. The van der Waals surface area contributed by atoms with Crippen LogP contribution in [0.15, 0.2) is 77.7 Å². The third kappa shape index (κ3) is 6.14. The summed E-state index contributed by atoms with van der Waals surface area (Å²) in [6.07, 6.45) is 3.68. The largest absolute Gasteiger partial charge is 0.372 e. The molecule has 36 heavy (non-hydrogen) atoms. The van der Waals surface area contributed by atoms with Crippen LogP contribution in [0.1, 0.15) is 37.8 Å². The van der Waals surface area contributed by atoms with Gasteiger partial charge in [0.05, 0.1) is 26.7 Å². The van der Waals surface area contributed by atoms with E-state index in [4.69, 9.17) is 23.2 Å². The van der Waals surface area contributed by atoms with Crippen molar-refractivity contribution in [1.29, 1.82) is 0 Å². The van der Waals surface area contributed by atoms with Gasteiger partial charge in [0.15, 0.2) is 0 Å². The Hall–Kier alpha value is -2.74. The maximum absolute atomic E-state index is 13.5.